The van der Waals surface area contributed by atoms with Gasteiger partial charge in [-0.05, 0) is 37.1 Å². The van der Waals surface area contributed by atoms with Gasteiger partial charge in [0.25, 0.3) is 0 Å². The van der Waals surface area contributed by atoms with Crippen molar-refractivity contribution >= 4 is 22.4 Å². The van der Waals surface area contributed by atoms with E-state index in [1.54, 1.807) is 0 Å². The Kier molecular flexibility index (Phi) is 3.80. The summed E-state index contributed by atoms with van der Waals surface area (Å²) in [7, 11) is 1.93. The van der Waals surface area contributed by atoms with Crippen LogP contribution in [0.3, 0.4) is 0 Å². The van der Waals surface area contributed by atoms with Crippen LogP contribution in [-0.2, 0) is 13.6 Å². The van der Waals surface area contributed by atoms with Crippen molar-refractivity contribution < 1.29 is 5.11 Å². The minimum Gasteiger partial charge on any atom is -0.510 e. The summed E-state index contributed by atoms with van der Waals surface area (Å²) in [5.74, 6) is 1.16. The number of hydrogen-bond donors (Lipinski definition) is 2. The average Bonchev–Trinajstić information content (AvgIpc) is 3.06. The summed E-state index contributed by atoms with van der Waals surface area (Å²) in [5, 5.41) is 19.1. The van der Waals surface area contributed by atoms with Crippen molar-refractivity contribution in [1.29, 1.82) is 5.41 Å². The molecule has 0 bridgehead atoms. The first-order valence-corrected chi connectivity index (χ1v) is 8.69. The van der Waals surface area contributed by atoms with E-state index in [4.69, 9.17) is 5.41 Å². The Labute approximate surface area is 152 Å². The summed E-state index contributed by atoms with van der Waals surface area (Å²) in [6.07, 6.45) is 0. The first kappa shape index (κ1) is 16.4. The molecule has 0 radical (unpaired) electrons. The van der Waals surface area contributed by atoms with Gasteiger partial charge in [-0.15, -0.1) is 0 Å². The first-order valence-electron chi connectivity index (χ1n) is 8.69. The predicted molar refractivity (Wildman–Crippen MR) is 104 cm³/mol. The van der Waals surface area contributed by atoms with Crippen LogP contribution in [0.2, 0.25) is 0 Å². The molecule has 2 N–H and O–H groups in total. The molecule has 3 aromatic rings. The summed E-state index contributed by atoms with van der Waals surface area (Å²) < 4.78 is 1.95. The van der Waals surface area contributed by atoms with E-state index < -0.39 is 0 Å². The van der Waals surface area contributed by atoms with E-state index in [-0.39, 0.29) is 5.76 Å². The highest BCUT2D eigenvalue weighted by atomic mass is 16.3. The molecule has 5 heteroatoms. The summed E-state index contributed by atoms with van der Waals surface area (Å²) >= 11 is 0. The van der Waals surface area contributed by atoms with Crippen molar-refractivity contribution in [2.45, 2.75) is 20.4 Å². The molecule has 132 valence electrons. The number of aromatic nitrogens is 2. The molecule has 5 nitrogen and oxygen atoms in total. The summed E-state index contributed by atoms with van der Waals surface area (Å²) in [4.78, 5) is 6.56. The third kappa shape index (κ3) is 2.65. The second kappa shape index (κ2) is 6.02. The molecule has 0 atom stereocenters. The maximum absolute atomic E-state index is 10.6. The number of amidine groups is 1. The maximum Gasteiger partial charge on any atom is 0.148 e. The van der Waals surface area contributed by atoms with Crippen molar-refractivity contribution in [3.05, 3.63) is 70.7 Å². The topological polar surface area (TPSA) is 65.1 Å². The van der Waals surface area contributed by atoms with Gasteiger partial charge in [-0.25, -0.2) is 4.98 Å². The van der Waals surface area contributed by atoms with Crippen molar-refractivity contribution in [2.24, 2.45) is 7.05 Å². The molecule has 0 unspecified atom stereocenters. The van der Waals surface area contributed by atoms with Crippen LogP contribution in [0.5, 0.6) is 0 Å². The summed E-state index contributed by atoms with van der Waals surface area (Å²) in [6, 6.07) is 14.4. The zero-order chi connectivity index (χ0) is 18.4. The van der Waals surface area contributed by atoms with E-state index in [0.29, 0.717) is 30.3 Å². The SMILES string of the molecule is Cc1ccc(CN2CC(O)=C(c3nc4cc(C)ccc4n3C)C2=N)cc1. The summed E-state index contributed by atoms with van der Waals surface area (Å²) in [6.45, 7) is 5.02. The maximum atomic E-state index is 10.6. The lowest BCUT2D eigenvalue weighted by Gasteiger charge is -2.18. The van der Waals surface area contributed by atoms with Crippen LogP contribution in [0.15, 0.2) is 48.2 Å². The lowest BCUT2D eigenvalue weighted by molar-refractivity contribution is 0.347. The van der Waals surface area contributed by atoms with Crippen LogP contribution in [0.4, 0.5) is 0 Å². The fourth-order valence-corrected chi connectivity index (χ4v) is 3.45. The number of fused-ring (bicyclic) bond motifs is 1. The number of imidazole rings is 1. The first-order chi connectivity index (χ1) is 12.4. The van der Waals surface area contributed by atoms with Crippen LogP contribution in [0.1, 0.15) is 22.5 Å². The van der Waals surface area contributed by atoms with Gasteiger partial charge in [-0.1, -0.05) is 35.9 Å². The lowest BCUT2D eigenvalue weighted by atomic mass is 10.1. The van der Waals surface area contributed by atoms with E-state index in [0.717, 1.165) is 22.2 Å². The third-order valence-electron chi connectivity index (χ3n) is 4.94. The van der Waals surface area contributed by atoms with Gasteiger partial charge in [-0.2, -0.15) is 0 Å². The van der Waals surface area contributed by atoms with E-state index >= 15 is 0 Å². The van der Waals surface area contributed by atoms with Crippen LogP contribution in [0.25, 0.3) is 16.6 Å². The van der Waals surface area contributed by atoms with Gasteiger partial charge < -0.3 is 14.6 Å². The number of rotatable bonds is 3. The van der Waals surface area contributed by atoms with Gasteiger partial charge in [0, 0.05) is 13.6 Å². The Morgan fingerprint density at radius 1 is 1.08 bits per heavy atom. The number of hydrogen-bond acceptors (Lipinski definition) is 3. The predicted octanol–water partition coefficient (Wildman–Crippen LogP) is 3.95. The molecule has 1 aromatic heterocycles. The van der Waals surface area contributed by atoms with Crippen LogP contribution >= 0.6 is 0 Å². The van der Waals surface area contributed by atoms with Crippen molar-refractivity contribution in [3.8, 4) is 0 Å². The Morgan fingerprint density at radius 3 is 2.50 bits per heavy atom. The number of nitrogens with zero attached hydrogens (tertiary/aromatic N) is 3. The molecule has 0 fully saturated rings. The van der Waals surface area contributed by atoms with E-state index in [9.17, 15) is 5.11 Å². The third-order valence-corrected chi connectivity index (χ3v) is 4.94. The fraction of sp³-hybridized carbons (Fsp3) is 0.238. The second-order valence-corrected chi connectivity index (χ2v) is 7.00. The van der Waals surface area contributed by atoms with Gasteiger partial charge in [-0.3, -0.25) is 5.41 Å². The van der Waals surface area contributed by atoms with E-state index in [1.807, 2.05) is 41.6 Å². The number of aryl methyl sites for hydroxylation is 3. The minimum absolute atomic E-state index is 0.206. The molecule has 1 aliphatic rings. The Morgan fingerprint density at radius 2 is 1.77 bits per heavy atom. The molecule has 2 aromatic carbocycles. The second-order valence-electron chi connectivity index (χ2n) is 7.00. The highest BCUT2D eigenvalue weighted by Crippen LogP contribution is 2.30. The molecular formula is C21H22N4O. The Bertz CT molecular complexity index is 1040. The molecule has 0 spiro atoms. The highest BCUT2D eigenvalue weighted by Gasteiger charge is 2.31. The average molecular weight is 346 g/mol. The molecule has 2 heterocycles. The van der Waals surface area contributed by atoms with Crippen molar-refractivity contribution in [2.75, 3.05) is 6.54 Å². The van der Waals surface area contributed by atoms with Gasteiger partial charge in [0.05, 0.1) is 23.2 Å². The molecule has 0 saturated heterocycles. The van der Waals surface area contributed by atoms with Gasteiger partial charge in [0.2, 0.25) is 0 Å². The summed E-state index contributed by atoms with van der Waals surface area (Å²) in [5.41, 5.74) is 5.87. The fourth-order valence-electron chi connectivity index (χ4n) is 3.45. The van der Waals surface area contributed by atoms with Gasteiger partial charge in [0.1, 0.15) is 17.4 Å². The number of nitrogens with one attached hydrogen (secondary N) is 1. The number of benzene rings is 2. The molecule has 0 amide bonds. The van der Waals surface area contributed by atoms with Gasteiger partial charge in [0.15, 0.2) is 0 Å². The zero-order valence-electron chi connectivity index (χ0n) is 15.2. The van der Waals surface area contributed by atoms with Crippen LogP contribution < -0.4 is 0 Å². The van der Waals surface area contributed by atoms with Crippen molar-refractivity contribution in [3.63, 3.8) is 0 Å². The molecule has 1 aliphatic heterocycles. The molecule has 0 aliphatic carbocycles. The Balaban J connectivity index is 1.67. The smallest absolute Gasteiger partial charge is 0.148 e. The molecule has 26 heavy (non-hydrogen) atoms. The standard InChI is InChI=1S/C21H22N4O/c1-13-4-7-15(8-5-13)11-25-12-18(26)19(20(25)22)21-23-16-10-14(2)6-9-17(16)24(21)3/h4-10,22,26H,11-12H2,1-3H3. The quantitative estimate of drug-likeness (QED) is 0.755. The molecule has 4 rings (SSSR count). The van der Waals surface area contributed by atoms with Crippen LogP contribution in [-0.4, -0.2) is 31.9 Å². The van der Waals surface area contributed by atoms with E-state index in [1.165, 1.54) is 5.56 Å². The zero-order valence-corrected chi connectivity index (χ0v) is 15.2. The molecule has 0 saturated carbocycles. The highest BCUT2D eigenvalue weighted by molar-refractivity contribution is 6.23. The molecular weight excluding hydrogens is 324 g/mol. The monoisotopic (exact) mass is 346 g/mol. The lowest BCUT2D eigenvalue weighted by Crippen LogP contribution is -2.26. The minimum atomic E-state index is 0.206. The van der Waals surface area contributed by atoms with Crippen LogP contribution in [0, 0.1) is 19.3 Å². The normalized spacial score (nSPS) is 14.7. The van der Waals surface area contributed by atoms with Gasteiger partial charge >= 0.3 is 0 Å². The Hall–Kier alpha value is -3.08. The largest absolute Gasteiger partial charge is 0.510 e. The number of aliphatic hydroxyl groups excluding tert-OH is 1. The van der Waals surface area contributed by atoms with E-state index in [2.05, 4.69) is 36.2 Å². The van der Waals surface area contributed by atoms with Crippen molar-refractivity contribution in [1.82, 2.24) is 14.5 Å². The number of aliphatic hydroxyl groups is 1.